The lowest BCUT2D eigenvalue weighted by molar-refractivity contribution is -0.125. The predicted octanol–water partition coefficient (Wildman–Crippen LogP) is 6.19. The zero-order valence-corrected chi connectivity index (χ0v) is 26.7. The fourth-order valence-electron chi connectivity index (χ4n) is 7.03. The Hall–Kier alpha value is -3.79. The van der Waals surface area contributed by atoms with E-state index in [0.717, 1.165) is 49.2 Å². The van der Waals surface area contributed by atoms with E-state index in [1.807, 2.05) is 65.6 Å². The van der Waals surface area contributed by atoms with Crippen molar-refractivity contribution in [2.45, 2.75) is 42.6 Å². The molecular formula is C34H36Cl2N6O3. The first-order valence-corrected chi connectivity index (χ1v) is 15.9. The minimum Gasteiger partial charge on any atom is -0.496 e. The van der Waals surface area contributed by atoms with Gasteiger partial charge >= 0.3 is 0 Å². The average Bonchev–Trinajstić information content (AvgIpc) is 3.77. The summed E-state index contributed by atoms with van der Waals surface area (Å²) in [7, 11) is 1.57. The Labute approximate surface area is 273 Å². The molecule has 0 bridgehead atoms. The van der Waals surface area contributed by atoms with Gasteiger partial charge in [-0.05, 0) is 91.5 Å². The molecule has 2 N–H and O–H groups in total. The van der Waals surface area contributed by atoms with Crippen LogP contribution in [0.5, 0.6) is 5.75 Å². The van der Waals surface area contributed by atoms with Gasteiger partial charge in [-0.3, -0.25) is 9.59 Å². The summed E-state index contributed by atoms with van der Waals surface area (Å²) in [5.41, 5.74) is 8.35. The molecule has 2 saturated heterocycles. The van der Waals surface area contributed by atoms with E-state index in [4.69, 9.17) is 33.7 Å². The van der Waals surface area contributed by atoms with Crippen LogP contribution in [0.15, 0.2) is 82.2 Å². The lowest BCUT2D eigenvalue weighted by Gasteiger charge is -2.41. The molecule has 3 aliphatic heterocycles. The standard InChI is InChI=1S/C34H36Cl2N6O3/c1-45-30-10-7-23(29-21-38-40-39-29)19-26(30)31(43)42-18-12-33(22-42,25-8-9-27(35)28(36)20-25)11-15-41-16-13-34(14-17-41,32(37)44)24-5-3-2-4-6-24/h2-10,19-21,29H,11-18,22H2,1H3,(H2,37,44)/t29-,33-/m0/s1. The van der Waals surface area contributed by atoms with E-state index in [1.54, 1.807) is 19.4 Å². The third-order valence-corrected chi connectivity index (χ3v) is 10.6. The summed E-state index contributed by atoms with van der Waals surface area (Å²) in [5.74, 6) is 0.135. The highest BCUT2D eigenvalue weighted by Gasteiger charge is 2.44. The van der Waals surface area contributed by atoms with E-state index >= 15 is 0 Å². The van der Waals surface area contributed by atoms with Crippen molar-refractivity contribution in [3.63, 3.8) is 0 Å². The first-order chi connectivity index (χ1) is 21.7. The van der Waals surface area contributed by atoms with Gasteiger partial charge in [0, 0.05) is 18.5 Å². The molecule has 0 unspecified atom stereocenters. The van der Waals surface area contributed by atoms with Crippen LogP contribution in [0.4, 0.5) is 0 Å². The highest BCUT2D eigenvalue weighted by atomic mass is 35.5. The summed E-state index contributed by atoms with van der Waals surface area (Å²) >= 11 is 12.8. The minimum absolute atomic E-state index is 0.102. The second kappa shape index (κ2) is 12.9. The maximum absolute atomic E-state index is 14.1. The van der Waals surface area contributed by atoms with Crippen LogP contribution >= 0.6 is 23.2 Å². The number of amides is 2. The second-order valence-corrected chi connectivity index (χ2v) is 13.0. The number of carbonyl (C=O) groups is 2. The van der Waals surface area contributed by atoms with Crippen LogP contribution in [-0.4, -0.2) is 67.7 Å². The Kier molecular flexibility index (Phi) is 8.95. The van der Waals surface area contributed by atoms with Crippen LogP contribution in [0.2, 0.25) is 10.0 Å². The van der Waals surface area contributed by atoms with Gasteiger partial charge < -0.3 is 20.3 Å². The van der Waals surface area contributed by atoms with Crippen molar-refractivity contribution in [3.8, 4) is 5.75 Å². The summed E-state index contributed by atoms with van der Waals surface area (Å²) in [6, 6.07) is 20.8. The topological polar surface area (TPSA) is 113 Å². The zero-order chi connectivity index (χ0) is 31.6. The van der Waals surface area contributed by atoms with Crippen LogP contribution < -0.4 is 10.5 Å². The zero-order valence-electron chi connectivity index (χ0n) is 25.2. The molecule has 2 fully saturated rings. The molecular weight excluding hydrogens is 611 g/mol. The lowest BCUT2D eigenvalue weighted by atomic mass is 9.71. The smallest absolute Gasteiger partial charge is 0.257 e. The Bertz CT molecular complexity index is 1630. The van der Waals surface area contributed by atoms with E-state index in [-0.39, 0.29) is 23.3 Å². The molecule has 0 radical (unpaired) electrons. The van der Waals surface area contributed by atoms with Crippen molar-refractivity contribution in [2.24, 2.45) is 21.2 Å². The van der Waals surface area contributed by atoms with Gasteiger partial charge in [-0.15, -0.1) is 5.10 Å². The molecule has 0 spiro atoms. The lowest BCUT2D eigenvalue weighted by Crippen LogP contribution is -2.50. The third-order valence-electron chi connectivity index (χ3n) is 9.82. The Morgan fingerprint density at radius 3 is 2.40 bits per heavy atom. The Morgan fingerprint density at radius 1 is 0.956 bits per heavy atom. The third kappa shape index (κ3) is 6.09. The highest BCUT2D eigenvalue weighted by Crippen LogP contribution is 2.42. The van der Waals surface area contributed by atoms with Gasteiger partial charge in [0.05, 0.1) is 34.3 Å². The number of methoxy groups -OCH3 is 1. The van der Waals surface area contributed by atoms with Crippen molar-refractivity contribution < 1.29 is 14.3 Å². The van der Waals surface area contributed by atoms with Crippen molar-refractivity contribution in [2.75, 3.05) is 39.8 Å². The SMILES string of the molecule is COc1ccc([C@@H]2C=NN=N2)cc1C(=O)N1CC[C@](CCN2CCC(C(N)=O)(c3ccccc3)CC2)(c2ccc(Cl)c(Cl)c2)C1. The fourth-order valence-corrected chi connectivity index (χ4v) is 7.33. The van der Waals surface area contributed by atoms with Gasteiger partial charge in [0.25, 0.3) is 5.91 Å². The molecule has 3 aliphatic rings. The summed E-state index contributed by atoms with van der Waals surface area (Å²) < 4.78 is 5.59. The number of benzene rings is 3. The minimum atomic E-state index is -0.658. The van der Waals surface area contributed by atoms with Crippen molar-refractivity contribution in [1.82, 2.24) is 9.80 Å². The van der Waals surface area contributed by atoms with Crippen LogP contribution in [0.25, 0.3) is 0 Å². The van der Waals surface area contributed by atoms with Crippen LogP contribution in [0.3, 0.4) is 0 Å². The molecule has 0 aromatic heterocycles. The van der Waals surface area contributed by atoms with Gasteiger partial charge in [0.15, 0.2) is 0 Å². The summed E-state index contributed by atoms with van der Waals surface area (Å²) in [4.78, 5) is 31.1. The number of nitrogens with two attached hydrogens (primary N) is 1. The van der Waals surface area contributed by atoms with Crippen LogP contribution in [0, 0.1) is 0 Å². The van der Waals surface area contributed by atoms with Gasteiger partial charge in [-0.2, -0.15) is 5.11 Å². The highest BCUT2D eigenvalue weighted by molar-refractivity contribution is 6.42. The van der Waals surface area contributed by atoms with Crippen LogP contribution in [-0.2, 0) is 15.6 Å². The average molecular weight is 648 g/mol. The number of halogens is 2. The molecule has 3 aromatic rings. The molecule has 2 atom stereocenters. The Morgan fingerprint density at radius 2 is 1.73 bits per heavy atom. The molecule has 234 valence electrons. The second-order valence-electron chi connectivity index (χ2n) is 12.2. The van der Waals surface area contributed by atoms with Gasteiger partial charge in [0.1, 0.15) is 11.8 Å². The number of likely N-dealkylation sites (tertiary alicyclic amines) is 2. The Balaban J connectivity index is 1.22. The molecule has 2 amide bonds. The number of carbonyl (C=O) groups excluding carboxylic acids is 2. The maximum Gasteiger partial charge on any atom is 0.257 e. The van der Waals surface area contributed by atoms with E-state index in [1.165, 1.54) is 0 Å². The van der Waals surface area contributed by atoms with E-state index in [9.17, 15) is 9.59 Å². The quantitative estimate of drug-likeness (QED) is 0.299. The molecule has 0 aliphatic carbocycles. The molecule has 11 heteroatoms. The van der Waals surface area contributed by atoms with Gasteiger partial charge in [-0.1, -0.05) is 65.7 Å². The monoisotopic (exact) mass is 646 g/mol. The molecule has 0 saturated carbocycles. The molecule has 3 aromatic carbocycles. The maximum atomic E-state index is 14.1. The number of ether oxygens (including phenoxy) is 1. The van der Waals surface area contributed by atoms with Gasteiger partial charge in [-0.25, -0.2) is 0 Å². The molecule has 3 heterocycles. The summed E-state index contributed by atoms with van der Waals surface area (Å²) in [6.07, 6.45) is 4.55. The molecule has 9 nitrogen and oxygen atoms in total. The first kappa shape index (κ1) is 31.2. The largest absolute Gasteiger partial charge is 0.496 e. The fraction of sp³-hybridized carbons (Fsp3) is 0.382. The number of piperidine rings is 1. The molecule has 6 rings (SSSR count). The van der Waals surface area contributed by atoms with Crippen molar-refractivity contribution in [3.05, 3.63) is 99.0 Å². The van der Waals surface area contributed by atoms with Crippen LogP contribution in [0.1, 0.15) is 58.8 Å². The van der Waals surface area contributed by atoms with E-state index < -0.39 is 5.41 Å². The molecule has 45 heavy (non-hydrogen) atoms. The summed E-state index contributed by atoms with van der Waals surface area (Å²) in [6.45, 7) is 3.41. The number of rotatable bonds is 9. The van der Waals surface area contributed by atoms with Crippen molar-refractivity contribution >= 4 is 41.2 Å². The predicted molar refractivity (Wildman–Crippen MR) is 175 cm³/mol. The number of primary amides is 1. The van der Waals surface area contributed by atoms with Gasteiger partial charge in [0.2, 0.25) is 5.91 Å². The van der Waals surface area contributed by atoms with Crippen molar-refractivity contribution in [1.29, 1.82) is 0 Å². The van der Waals surface area contributed by atoms with E-state index in [0.29, 0.717) is 47.3 Å². The number of hydrogen-bond acceptors (Lipinski definition) is 7. The summed E-state index contributed by atoms with van der Waals surface area (Å²) in [5, 5.41) is 12.7. The number of nitrogens with zero attached hydrogens (tertiary/aromatic N) is 5. The first-order valence-electron chi connectivity index (χ1n) is 15.2. The van der Waals surface area contributed by atoms with E-state index in [2.05, 4.69) is 20.3 Å². The normalized spacial score (nSPS) is 22.6. The number of hydrogen-bond donors (Lipinski definition) is 1.